The second-order valence-electron chi connectivity index (χ2n) is 6.32. The van der Waals surface area contributed by atoms with Crippen LogP contribution in [0.15, 0.2) is 0 Å². The van der Waals surface area contributed by atoms with Gasteiger partial charge in [0.15, 0.2) is 5.82 Å². The molecule has 0 bridgehead atoms. The normalized spacial score (nSPS) is 22.6. The topological polar surface area (TPSA) is 47.0 Å². The summed E-state index contributed by atoms with van der Waals surface area (Å²) in [4.78, 5) is 9.64. The summed E-state index contributed by atoms with van der Waals surface area (Å²) in [5, 5.41) is 3.37. The number of halogens is 1. The Bertz CT molecular complexity index is 485. The van der Waals surface area contributed by atoms with Crippen molar-refractivity contribution in [1.82, 2.24) is 9.97 Å². The molecule has 0 aliphatic carbocycles. The van der Waals surface area contributed by atoms with Gasteiger partial charge in [-0.1, -0.05) is 13.8 Å². The van der Waals surface area contributed by atoms with Gasteiger partial charge >= 0.3 is 0 Å². The standard InChI is InChI=1S/C16H26IN3O/c1-5-18-14-13(17)12(10-11(2)3)19-15(20-14)16(4)8-6-7-9-21-16/h11H,5-10H2,1-4H3,(H,18,19,20). The first-order valence-electron chi connectivity index (χ1n) is 7.91. The lowest BCUT2D eigenvalue weighted by Crippen LogP contribution is -2.33. The lowest BCUT2D eigenvalue weighted by molar-refractivity contribution is -0.0761. The van der Waals surface area contributed by atoms with E-state index in [0.717, 1.165) is 53.3 Å². The van der Waals surface area contributed by atoms with Crippen molar-refractivity contribution < 1.29 is 4.74 Å². The Morgan fingerprint density at radius 3 is 2.67 bits per heavy atom. The number of rotatable bonds is 5. The molecular weight excluding hydrogens is 377 g/mol. The molecule has 1 aliphatic heterocycles. The number of hydrogen-bond donors (Lipinski definition) is 1. The highest BCUT2D eigenvalue weighted by Crippen LogP contribution is 2.34. The fraction of sp³-hybridized carbons (Fsp3) is 0.750. The molecule has 0 aromatic carbocycles. The van der Waals surface area contributed by atoms with Gasteiger partial charge in [-0.15, -0.1) is 0 Å². The average molecular weight is 403 g/mol. The summed E-state index contributed by atoms with van der Waals surface area (Å²) in [6.07, 6.45) is 4.29. The lowest BCUT2D eigenvalue weighted by atomic mass is 9.94. The molecule has 21 heavy (non-hydrogen) atoms. The Kier molecular flexibility index (Phi) is 5.82. The molecule has 1 atom stereocenters. The van der Waals surface area contributed by atoms with Crippen LogP contribution < -0.4 is 5.32 Å². The largest absolute Gasteiger partial charge is 0.369 e. The Balaban J connectivity index is 2.42. The summed E-state index contributed by atoms with van der Waals surface area (Å²) in [6, 6.07) is 0. The molecule has 1 saturated heterocycles. The van der Waals surface area contributed by atoms with E-state index in [0.29, 0.717) is 5.92 Å². The minimum absolute atomic E-state index is 0.335. The van der Waals surface area contributed by atoms with Crippen LogP contribution >= 0.6 is 22.6 Å². The maximum atomic E-state index is 6.03. The van der Waals surface area contributed by atoms with Crippen molar-refractivity contribution in [2.75, 3.05) is 18.5 Å². The van der Waals surface area contributed by atoms with Gasteiger partial charge in [0.1, 0.15) is 11.4 Å². The molecule has 118 valence electrons. The number of ether oxygens (including phenoxy) is 1. The van der Waals surface area contributed by atoms with E-state index in [4.69, 9.17) is 14.7 Å². The highest BCUT2D eigenvalue weighted by atomic mass is 127. The van der Waals surface area contributed by atoms with Crippen LogP contribution in [0.2, 0.25) is 0 Å². The van der Waals surface area contributed by atoms with E-state index in [2.05, 4.69) is 55.6 Å². The van der Waals surface area contributed by atoms with Gasteiger partial charge in [-0.25, -0.2) is 9.97 Å². The molecule has 1 N–H and O–H groups in total. The molecular formula is C16H26IN3O. The Morgan fingerprint density at radius 2 is 2.10 bits per heavy atom. The van der Waals surface area contributed by atoms with E-state index < -0.39 is 0 Å². The van der Waals surface area contributed by atoms with Gasteiger partial charge in [0.05, 0.1) is 9.26 Å². The zero-order chi connectivity index (χ0) is 15.5. The van der Waals surface area contributed by atoms with Gasteiger partial charge in [0.25, 0.3) is 0 Å². The second kappa shape index (κ2) is 7.22. The van der Waals surface area contributed by atoms with Crippen LogP contribution in [0, 0.1) is 9.49 Å². The van der Waals surface area contributed by atoms with Gasteiger partial charge < -0.3 is 10.1 Å². The number of aromatic nitrogens is 2. The van der Waals surface area contributed by atoms with Crippen LogP contribution in [0.1, 0.15) is 58.5 Å². The highest BCUT2D eigenvalue weighted by molar-refractivity contribution is 14.1. The van der Waals surface area contributed by atoms with E-state index in [9.17, 15) is 0 Å². The van der Waals surface area contributed by atoms with E-state index in [1.165, 1.54) is 6.42 Å². The van der Waals surface area contributed by atoms with Crippen LogP contribution in [0.5, 0.6) is 0 Å². The third-order valence-electron chi connectivity index (χ3n) is 3.81. The molecule has 2 heterocycles. The molecule has 4 nitrogen and oxygen atoms in total. The molecule has 0 saturated carbocycles. The van der Waals surface area contributed by atoms with Crippen molar-refractivity contribution in [3.05, 3.63) is 15.1 Å². The Labute approximate surface area is 141 Å². The minimum Gasteiger partial charge on any atom is -0.369 e. The van der Waals surface area contributed by atoms with Crippen LogP contribution in [0.25, 0.3) is 0 Å². The molecule has 2 rings (SSSR count). The van der Waals surface area contributed by atoms with Crippen molar-refractivity contribution in [3.63, 3.8) is 0 Å². The first-order valence-corrected chi connectivity index (χ1v) is 8.99. The Morgan fingerprint density at radius 1 is 1.33 bits per heavy atom. The molecule has 0 radical (unpaired) electrons. The summed E-state index contributed by atoms with van der Waals surface area (Å²) in [5.74, 6) is 2.37. The molecule has 1 unspecified atom stereocenters. The van der Waals surface area contributed by atoms with Crippen molar-refractivity contribution >= 4 is 28.4 Å². The quantitative estimate of drug-likeness (QED) is 0.752. The first-order chi connectivity index (χ1) is 9.96. The highest BCUT2D eigenvalue weighted by Gasteiger charge is 2.34. The SMILES string of the molecule is CCNc1nc(C2(C)CCCCO2)nc(CC(C)C)c1I. The van der Waals surface area contributed by atoms with Gasteiger partial charge in [-0.2, -0.15) is 0 Å². The van der Waals surface area contributed by atoms with Crippen molar-refractivity contribution in [1.29, 1.82) is 0 Å². The number of hydrogen-bond acceptors (Lipinski definition) is 4. The van der Waals surface area contributed by atoms with Crippen LogP contribution in [0.4, 0.5) is 5.82 Å². The van der Waals surface area contributed by atoms with E-state index >= 15 is 0 Å². The monoisotopic (exact) mass is 403 g/mol. The van der Waals surface area contributed by atoms with Crippen molar-refractivity contribution in [3.8, 4) is 0 Å². The van der Waals surface area contributed by atoms with E-state index in [1.54, 1.807) is 0 Å². The number of nitrogens with zero attached hydrogens (tertiary/aromatic N) is 2. The summed E-state index contributed by atoms with van der Waals surface area (Å²) in [7, 11) is 0. The number of nitrogens with one attached hydrogen (secondary N) is 1. The number of anilines is 1. The minimum atomic E-state index is -0.335. The molecule has 1 fully saturated rings. The van der Waals surface area contributed by atoms with Crippen LogP contribution in [-0.4, -0.2) is 23.1 Å². The maximum absolute atomic E-state index is 6.03. The smallest absolute Gasteiger partial charge is 0.162 e. The molecule has 0 amide bonds. The third kappa shape index (κ3) is 4.06. The van der Waals surface area contributed by atoms with Crippen molar-refractivity contribution in [2.24, 2.45) is 5.92 Å². The van der Waals surface area contributed by atoms with Crippen LogP contribution in [-0.2, 0) is 16.8 Å². The van der Waals surface area contributed by atoms with Crippen molar-refractivity contribution in [2.45, 2.75) is 59.0 Å². The second-order valence-corrected chi connectivity index (χ2v) is 7.40. The third-order valence-corrected chi connectivity index (χ3v) is 4.94. The predicted octanol–water partition coefficient (Wildman–Crippen LogP) is 4.13. The van der Waals surface area contributed by atoms with Gasteiger partial charge in [-0.3, -0.25) is 0 Å². The average Bonchev–Trinajstić information content (AvgIpc) is 2.43. The predicted molar refractivity (Wildman–Crippen MR) is 94.6 cm³/mol. The summed E-state index contributed by atoms with van der Waals surface area (Å²) in [6.45, 7) is 10.3. The fourth-order valence-corrected chi connectivity index (χ4v) is 3.30. The van der Waals surface area contributed by atoms with E-state index in [1.807, 2.05) is 0 Å². The molecule has 1 aromatic heterocycles. The van der Waals surface area contributed by atoms with Gasteiger partial charge in [0.2, 0.25) is 0 Å². The zero-order valence-electron chi connectivity index (χ0n) is 13.5. The van der Waals surface area contributed by atoms with Crippen LogP contribution in [0.3, 0.4) is 0 Å². The molecule has 0 spiro atoms. The maximum Gasteiger partial charge on any atom is 0.162 e. The first kappa shape index (κ1) is 16.9. The molecule has 1 aromatic rings. The summed E-state index contributed by atoms with van der Waals surface area (Å²) >= 11 is 2.36. The van der Waals surface area contributed by atoms with E-state index in [-0.39, 0.29) is 5.60 Å². The summed E-state index contributed by atoms with van der Waals surface area (Å²) in [5.41, 5.74) is 0.806. The van der Waals surface area contributed by atoms with Gasteiger partial charge in [-0.05, 0) is 68.0 Å². The zero-order valence-corrected chi connectivity index (χ0v) is 15.7. The summed E-state index contributed by atoms with van der Waals surface area (Å²) < 4.78 is 7.17. The molecule has 5 heteroatoms. The lowest BCUT2D eigenvalue weighted by Gasteiger charge is -2.33. The molecule has 1 aliphatic rings. The fourth-order valence-electron chi connectivity index (χ4n) is 2.65. The van der Waals surface area contributed by atoms with Gasteiger partial charge in [0, 0.05) is 13.2 Å². The Hall–Kier alpha value is -0.430.